The summed E-state index contributed by atoms with van der Waals surface area (Å²) in [5.41, 5.74) is 0.417. The van der Waals surface area contributed by atoms with Crippen LogP contribution in [0.2, 0.25) is 5.02 Å². The van der Waals surface area contributed by atoms with Gasteiger partial charge in [-0.05, 0) is 35.9 Å². The third-order valence-corrected chi connectivity index (χ3v) is 4.73. The molecule has 0 aliphatic carbocycles. The average molecular weight is 479 g/mol. The molecule has 3 rings (SSSR count). The van der Waals surface area contributed by atoms with E-state index in [0.29, 0.717) is 5.56 Å². The van der Waals surface area contributed by atoms with Crippen LogP contribution in [0.25, 0.3) is 6.08 Å². The van der Waals surface area contributed by atoms with Gasteiger partial charge in [-0.1, -0.05) is 11.6 Å². The van der Waals surface area contributed by atoms with E-state index in [2.05, 4.69) is 14.8 Å². The summed E-state index contributed by atoms with van der Waals surface area (Å²) in [5, 5.41) is 2.59. The van der Waals surface area contributed by atoms with E-state index in [1.54, 1.807) is 0 Å². The van der Waals surface area contributed by atoms with E-state index >= 15 is 0 Å². The maximum Gasteiger partial charge on any atom is 0.373 e. The normalized spacial score (nSPS) is 14.3. The van der Waals surface area contributed by atoms with Crippen LogP contribution in [-0.2, 0) is 25.6 Å². The van der Waals surface area contributed by atoms with Gasteiger partial charge >= 0.3 is 18.0 Å². The monoisotopic (exact) mass is 478 g/mol. The molecule has 1 N–H and O–H groups in total. The Morgan fingerprint density at radius 1 is 1.15 bits per heavy atom. The van der Waals surface area contributed by atoms with Crippen LogP contribution in [0.15, 0.2) is 34.4 Å². The number of hydrogen-bond donors (Lipinski definition) is 1. The summed E-state index contributed by atoms with van der Waals surface area (Å²) in [6.07, 6.45) is 1.40. The largest absolute Gasteiger partial charge is 0.493 e. The van der Waals surface area contributed by atoms with E-state index in [1.165, 1.54) is 51.7 Å². The lowest BCUT2D eigenvalue weighted by atomic mass is 10.1. The second kappa shape index (κ2) is 10.1. The molecule has 0 spiro atoms. The maximum absolute atomic E-state index is 12.7. The summed E-state index contributed by atoms with van der Waals surface area (Å²) < 4.78 is 25.0. The van der Waals surface area contributed by atoms with Crippen molar-refractivity contribution in [1.82, 2.24) is 10.2 Å². The van der Waals surface area contributed by atoms with Crippen LogP contribution in [0, 0.1) is 0 Å². The Morgan fingerprint density at radius 2 is 1.91 bits per heavy atom. The maximum atomic E-state index is 12.7. The molecule has 0 bridgehead atoms. The van der Waals surface area contributed by atoms with Crippen LogP contribution >= 0.6 is 11.6 Å². The summed E-state index contributed by atoms with van der Waals surface area (Å²) in [6.45, 7) is -0.565. The second-order valence-electron chi connectivity index (χ2n) is 6.54. The Balaban J connectivity index is 1.79. The predicted molar refractivity (Wildman–Crippen MR) is 113 cm³/mol. The molecular weight excluding hydrogens is 460 g/mol. The number of rotatable bonds is 8. The van der Waals surface area contributed by atoms with Crippen molar-refractivity contribution in [2.24, 2.45) is 0 Å². The zero-order chi connectivity index (χ0) is 24.1. The lowest BCUT2D eigenvalue weighted by Gasteiger charge is -2.12. The zero-order valence-electron chi connectivity index (χ0n) is 17.8. The fourth-order valence-corrected chi connectivity index (χ4v) is 3.14. The molecule has 2 aromatic rings. The van der Waals surface area contributed by atoms with Crippen LogP contribution in [0.1, 0.15) is 21.9 Å². The number of nitrogens with one attached hydrogen (secondary N) is 1. The average Bonchev–Trinajstić information content (AvgIpc) is 3.37. The molecular formula is C21H19ClN2O9. The molecule has 2 heterocycles. The molecule has 1 aliphatic rings. The van der Waals surface area contributed by atoms with E-state index in [1.807, 2.05) is 0 Å². The van der Waals surface area contributed by atoms with E-state index in [-0.39, 0.29) is 46.9 Å². The van der Waals surface area contributed by atoms with Gasteiger partial charge in [-0.25, -0.2) is 14.4 Å². The van der Waals surface area contributed by atoms with Crippen molar-refractivity contribution in [3.05, 3.63) is 52.1 Å². The predicted octanol–water partition coefficient (Wildman–Crippen LogP) is 2.37. The second-order valence-corrected chi connectivity index (χ2v) is 6.94. The first-order valence-electron chi connectivity index (χ1n) is 9.36. The molecule has 1 aromatic carbocycles. The third kappa shape index (κ3) is 5.26. The van der Waals surface area contributed by atoms with Crippen molar-refractivity contribution < 1.29 is 42.5 Å². The highest BCUT2D eigenvalue weighted by Gasteiger charge is 2.34. The highest BCUT2D eigenvalue weighted by atomic mass is 35.5. The molecule has 0 saturated carbocycles. The van der Waals surface area contributed by atoms with Crippen LogP contribution < -0.4 is 14.8 Å². The molecule has 0 atom stereocenters. The first-order chi connectivity index (χ1) is 15.8. The van der Waals surface area contributed by atoms with Gasteiger partial charge in [0.2, 0.25) is 5.76 Å². The molecule has 1 fully saturated rings. The molecule has 12 heteroatoms. The van der Waals surface area contributed by atoms with E-state index in [4.69, 9.17) is 25.5 Å². The summed E-state index contributed by atoms with van der Waals surface area (Å²) in [6, 6.07) is 5.17. The van der Waals surface area contributed by atoms with Gasteiger partial charge in [-0.15, -0.1) is 0 Å². The summed E-state index contributed by atoms with van der Waals surface area (Å²) in [7, 11) is 3.81. The van der Waals surface area contributed by atoms with Crippen molar-refractivity contribution in [2.75, 3.05) is 27.9 Å². The number of ether oxygens (including phenoxy) is 4. The SMILES string of the molecule is COC(=O)COc1c(Cl)cc(/C=C2\NC(=O)N(Cc3ccc(C(=O)OC)o3)C2=O)cc1OC. The number of halogens is 1. The number of carbonyl (C=O) groups excluding carboxylic acids is 4. The van der Waals surface area contributed by atoms with Gasteiger partial charge in [0, 0.05) is 0 Å². The van der Waals surface area contributed by atoms with Crippen LogP contribution in [-0.4, -0.2) is 56.7 Å². The Morgan fingerprint density at radius 3 is 2.58 bits per heavy atom. The highest BCUT2D eigenvalue weighted by Crippen LogP contribution is 2.37. The number of amides is 3. The van der Waals surface area contributed by atoms with Crippen LogP contribution in [0.4, 0.5) is 4.79 Å². The van der Waals surface area contributed by atoms with Gasteiger partial charge in [0.05, 0.1) is 32.9 Å². The minimum atomic E-state index is -0.677. The Bertz CT molecular complexity index is 1140. The number of nitrogens with zero attached hydrogens (tertiary/aromatic N) is 1. The van der Waals surface area contributed by atoms with Crippen molar-refractivity contribution in [1.29, 1.82) is 0 Å². The molecule has 3 amide bonds. The zero-order valence-corrected chi connectivity index (χ0v) is 18.6. The van der Waals surface area contributed by atoms with Gasteiger partial charge < -0.3 is 28.7 Å². The number of imide groups is 1. The van der Waals surface area contributed by atoms with Gasteiger partial charge in [-0.2, -0.15) is 0 Å². The lowest BCUT2D eigenvalue weighted by molar-refractivity contribution is -0.142. The molecule has 33 heavy (non-hydrogen) atoms. The van der Waals surface area contributed by atoms with E-state index in [9.17, 15) is 19.2 Å². The number of furan rings is 1. The Kier molecular flexibility index (Phi) is 7.23. The molecule has 1 aromatic heterocycles. The molecule has 11 nitrogen and oxygen atoms in total. The molecule has 1 saturated heterocycles. The summed E-state index contributed by atoms with van der Waals surface area (Å²) in [5.74, 6) is -1.40. The smallest absolute Gasteiger partial charge is 0.373 e. The number of esters is 2. The molecule has 0 radical (unpaired) electrons. The highest BCUT2D eigenvalue weighted by molar-refractivity contribution is 6.32. The molecule has 0 unspecified atom stereocenters. The van der Waals surface area contributed by atoms with Gasteiger partial charge in [0.15, 0.2) is 18.1 Å². The molecule has 1 aliphatic heterocycles. The first kappa shape index (κ1) is 23.7. The van der Waals surface area contributed by atoms with E-state index in [0.717, 1.165) is 4.90 Å². The molecule has 174 valence electrons. The van der Waals surface area contributed by atoms with Crippen molar-refractivity contribution in [2.45, 2.75) is 6.54 Å². The van der Waals surface area contributed by atoms with Gasteiger partial charge in [0.1, 0.15) is 11.5 Å². The summed E-state index contributed by atoms with van der Waals surface area (Å²) in [4.78, 5) is 48.8. The minimum Gasteiger partial charge on any atom is -0.493 e. The minimum absolute atomic E-state index is 0.0129. The van der Waals surface area contributed by atoms with Crippen LogP contribution in [0.5, 0.6) is 11.5 Å². The summed E-state index contributed by atoms with van der Waals surface area (Å²) >= 11 is 6.25. The quantitative estimate of drug-likeness (QED) is 0.344. The van der Waals surface area contributed by atoms with Crippen molar-refractivity contribution in [3.8, 4) is 11.5 Å². The van der Waals surface area contributed by atoms with Gasteiger partial charge in [0.25, 0.3) is 5.91 Å². The number of urea groups is 1. The fraction of sp³-hybridized carbons (Fsp3) is 0.238. The lowest BCUT2D eigenvalue weighted by Crippen LogP contribution is -2.30. The van der Waals surface area contributed by atoms with Crippen LogP contribution in [0.3, 0.4) is 0 Å². The fourth-order valence-electron chi connectivity index (χ4n) is 2.86. The standard InChI is InChI=1S/C21H19ClN2O9/c1-29-16-8-11(6-13(22)18(16)32-10-17(25)30-2)7-14-19(26)24(21(28)23-14)9-12-4-5-15(33-12)20(27)31-3/h4-8H,9-10H2,1-3H3,(H,23,28)/b14-7-. The van der Waals surface area contributed by atoms with Gasteiger partial charge in [-0.3, -0.25) is 9.69 Å². The number of hydrogen-bond acceptors (Lipinski definition) is 9. The number of carbonyl (C=O) groups is 4. The number of benzene rings is 1. The van der Waals surface area contributed by atoms with Crippen molar-refractivity contribution in [3.63, 3.8) is 0 Å². The van der Waals surface area contributed by atoms with Crippen molar-refractivity contribution >= 4 is 41.6 Å². The first-order valence-corrected chi connectivity index (χ1v) is 9.73. The Labute approximate surface area is 192 Å². The Hall–Kier alpha value is -3.99. The van der Waals surface area contributed by atoms with E-state index < -0.39 is 23.9 Å². The number of methoxy groups -OCH3 is 3. The topological polar surface area (TPSA) is 134 Å². The third-order valence-electron chi connectivity index (χ3n) is 4.45.